The first-order chi connectivity index (χ1) is 11.1. The Hall–Kier alpha value is -2.14. The standard InChI is InChI=1S/C18H24N2O3/c1-13-6-8-14(9-7-13)10-17(21)19-15-4-3-5-16(11-15)20-18(22)12-23-2/h3-5,10-11,13H,6-9,12H2,1-2H3,(H,19,21)(H,20,22). The minimum Gasteiger partial charge on any atom is -0.375 e. The van der Waals surface area contributed by atoms with Gasteiger partial charge in [-0.05, 0) is 49.8 Å². The second-order valence-electron chi connectivity index (χ2n) is 6.04. The van der Waals surface area contributed by atoms with Crippen molar-refractivity contribution >= 4 is 23.2 Å². The Morgan fingerprint density at radius 3 is 2.52 bits per heavy atom. The van der Waals surface area contributed by atoms with Crippen molar-refractivity contribution in [1.29, 1.82) is 0 Å². The van der Waals surface area contributed by atoms with Crippen molar-refractivity contribution in [3.8, 4) is 0 Å². The molecule has 0 radical (unpaired) electrons. The minimum absolute atomic E-state index is 0.00110. The molecule has 5 heteroatoms. The lowest BCUT2D eigenvalue weighted by Crippen LogP contribution is -2.17. The Morgan fingerprint density at radius 2 is 1.87 bits per heavy atom. The second-order valence-corrected chi connectivity index (χ2v) is 6.04. The molecule has 1 aliphatic carbocycles. The van der Waals surface area contributed by atoms with Crippen LogP contribution in [0.25, 0.3) is 0 Å². The quantitative estimate of drug-likeness (QED) is 0.819. The van der Waals surface area contributed by atoms with E-state index in [-0.39, 0.29) is 18.4 Å². The molecular formula is C18H24N2O3. The zero-order valence-electron chi connectivity index (χ0n) is 13.7. The van der Waals surface area contributed by atoms with Crippen LogP contribution in [-0.2, 0) is 14.3 Å². The molecule has 0 heterocycles. The van der Waals surface area contributed by atoms with Crippen LogP contribution in [0, 0.1) is 5.92 Å². The number of allylic oxidation sites excluding steroid dienone is 1. The van der Waals surface area contributed by atoms with E-state index in [1.54, 1.807) is 30.3 Å². The Morgan fingerprint density at radius 1 is 1.22 bits per heavy atom. The van der Waals surface area contributed by atoms with Gasteiger partial charge in [0.1, 0.15) is 6.61 Å². The van der Waals surface area contributed by atoms with Gasteiger partial charge in [0.15, 0.2) is 0 Å². The van der Waals surface area contributed by atoms with Gasteiger partial charge in [0, 0.05) is 24.6 Å². The molecule has 23 heavy (non-hydrogen) atoms. The van der Waals surface area contributed by atoms with E-state index in [2.05, 4.69) is 17.6 Å². The molecule has 0 aromatic heterocycles. The van der Waals surface area contributed by atoms with Crippen LogP contribution in [-0.4, -0.2) is 25.5 Å². The van der Waals surface area contributed by atoms with Crippen LogP contribution < -0.4 is 10.6 Å². The summed E-state index contributed by atoms with van der Waals surface area (Å²) in [6.07, 6.45) is 6.02. The summed E-state index contributed by atoms with van der Waals surface area (Å²) in [5.74, 6) is 0.409. The third kappa shape index (κ3) is 5.87. The molecule has 1 aromatic rings. The molecule has 5 nitrogen and oxygen atoms in total. The molecular weight excluding hydrogens is 292 g/mol. The van der Waals surface area contributed by atoms with Crippen LogP contribution in [0.4, 0.5) is 11.4 Å². The Labute approximate surface area is 137 Å². The third-order valence-corrected chi connectivity index (χ3v) is 3.94. The molecule has 2 N–H and O–H groups in total. The van der Waals surface area contributed by atoms with Crippen molar-refractivity contribution in [2.24, 2.45) is 5.92 Å². The SMILES string of the molecule is COCC(=O)Nc1cccc(NC(=O)C=C2CCC(C)CC2)c1. The Kier molecular flexibility index (Phi) is 6.35. The van der Waals surface area contributed by atoms with Crippen molar-refractivity contribution in [1.82, 2.24) is 0 Å². The molecule has 1 saturated carbocycles. The van der Waals surface area contributed by atoms with Crippen LogP contribution in [0.1, 0.15) is 32.6 Å². The van der Waals surface area contributed by atoms with E-state index < -0.39 is 0 Å². The average Bonchev–Trinajstić information content (AvgIpc) is 2.50. The highest BCUT2D eigenvalue weighted by Crippen LogP contribution is 2.27. The van der Waals surface area contributed by atoms with Crippen molar-refractivity contribution < 1.29 is 14.3 Å². The second kappa shape index (κ2) is 8.48. The largest absolute Gasteiger partial charge is 0.375 e. The van der Waals surface area contributed by atoms with Crippen molar-refractivity contribution in [2.45, 2.75) is 32.6 Å². The number of ether oxygens (including phenoxy) is 1. The summed E-state index contributed by atoms with van der Waals surface area (Å²) >= 11 is 0. The number of hydrogen-bond acceptors (Lipinski definition) is 3. The van der Waals surface area contributed by atoms with E-state index in [0.29, 0.717) is 11.4 Å². The van der Waals surface area contributed by atoms with E-state index in [4.69, 9.17) is 4.74 Å². The number of anilines is 2. The number of amides is 2. The number of nitrogens with one attached hydrogen (secondary N) is 2. The molecule has 0 unspecified atom stereocenters. The lowest BCUT2D eigenvalue weighted by atomic mass is 9.87. The monoisotopic (exact) mass is 316 g/mol. The lowest BCUT2D eigenvalue weighted by molar-refractivity contribution is -0.119. The van der Waals surface area contributed by atoms with Gasteiger partial charge in [-0.3, -0.25) is 9.59 Å². The molecule has 0 aliphatic heterocycles. The summed E-state index contributed by atoms with van der Waals surface area (Å²) < 4.78 is 4.77. The van der Waals surface area contributed by atoms with Gasteiger partial charge in [-0.25, -0.2) is 0 Å². The normalized spacial score (nSPS) is 17.5. The highest BCUT2D eigenvalue weighted by Gasteiger charge is 2.13. The minimum atomic E-state index is -0.227. The van der Waals surface area contributed by atoms with Crippen molar-refractivity contribution in [2.75, 3.05) is 24.4 Å². The van der Waals surface area contributed by atoms with Crippen LogP contribution >= 0.6 is 0 Å². The number of methoxy groups -OCH3 is 1. The molecule has 2 amide bonds. The van der Waals surface area contributed by atoms with Crippen LogP contribution in [0.15, 0.2) is 35.9 Å². The molecule has 0 saturated heterocycles. The molecule has 2 rings (SSSR count). The maximum absolute atomic E-state index is 12.1. The average molecular weight is 316 g/mol. The zero-order chi connectivity index (χ0) is 16.7. The third-order valence-electron chi connectivity index (χ3n) is 3.94. The maximum atomic E-state index is 12.1. The van der Waals surface area contributed by atoms with Crippen molar-refractivity contribution in [3.63, 3.8) is 0 Å². The van der Waals surface area contributed by atoms with Gasteiger partial charge in [-0.2, -0.15) is 0 Å². The van der Waals surface area contributed by atoms with E-state index in [9.17, 15) is 9.59 Å². The molecule has 1 fully saturated rings. The highest BCUT2D eigenvalue weighted by molar-refractivity contribution is 6.00. The molecule has 1 aromatic carbocycles. The fourth-order valence-corrected chi connectivity index (χ4v) is 2.64. The summed E-state index contributed by atoms with van der Waals surface area (Å²) in [5, 5.41) is 5.56. The smallest absolute Gasteiger partial charge is 0.250 e. The molecule has 124 valence electrons. The number of rotatable bonds is 5. The van der Waals surface area contributed by atoms with Gasteiger partial charge in [-0.15, -0.1) is 0 Å². The molecule has 0 bridgehead atoms. The first-order valence-corrected chi connectivity index (χ1v) is 7.96. The summed E-state index contributed by atoms with van der Waals surface area (Å²) in [6.45, 7) is 2.25. The Balaban J connectivity index is 1.93. The zero-order valence-corrected chi connectivity index (χ0v) is 13.7. The van der Waals surface area contributed by atoms with Crippen molar-refractivity contribution in [3.05, 3.63) is 35.9 Å². The highest BCUT2D eigenvalue weighted by atomic mass is 16.5. The number of carbonyl (C=O) groups is 2. The van der Waals surface area contributed by atoms with E-state index in [1.165, 1.54) is 12.7 Å². The van der Waals surface area contributed by atoms with E-state index in [0.717, 1.165) is 31.6 Å². The van der Waals surface area contributed by atoms with Gasteiger partial charge in [-0.1, -0.05) is 18.6 Å². The number of benzene rings is 1. The van der Waals surface area contributed by atoms with Crippen LogP contribution in [0.5, 0.6) is 0 Å². The predicted molar refractivity (Wildman–Crippen MR) is 91.3 cm³/mol. The van der Waals surface area contributed by atoms with E-state index in [1.807, 2.05) is 0 Å². The lowest BCUT2D eigenvalue weighted by Gasteiger charge is -2.19. The van der Waals surface area contributed by atoms with E-state index >= 15 is 0 Å². The fraction of sp³-hybridized carbons (Fsp3) is 0.444. The topological polar surface area (TPSA) is 67.4 Å². The first kappa shape index (κ1) is 17.2. The summed E-state index contributed by atoms with van der Waals surface area (Å²) in [7, 11) is 1.47. The van der Waals surface area contributed by atoms with Gasteiger partial charge in [0.2, 0.25) is 11.8 Å². The van der Waals surface area contributed by atoms with Crippen LogP contribution in [0.2, 0.25) is 0 Å². The number of carbonyl (C=O) groups excluding carboxylic acids is 2. The van der Waals surface area contributed by atoms with Crippen LogP contribution in [0.3, 0.4) is 0 Å². The van der Waals surface area contributed by atoms with Gasteiger partial charge in [0.25, 0.3) is 0 Å². The van der Waals surface area contributed by atoms with Gasteiger partial charge in [0.05, 0.1) is 0 Å². The molecule has 0 spiro atoms. The molecule has 1 aliphatic rings. The fourth-order valence-electron chi connectivity index (χ4n) is 2.64. The van der Waals surface area contributed by atoms with Gasteiger partial charge < -0.3 is 15.4 Å². The summed E-state index contributed by atoms with van der Waals surface area (Å²) in [6, 6.07) is 7.08. The summed E-state index contributed by atoms with van der Waals surface area (Å²) in [4.78, 5) is 23.6. The predicted octanol–water partition coefficient (Wildman–Crippen LogP) is 3.35. The maximum Gasteiger partial charge on any atom is 0.250 e. The Bertz CT molecular complexity index is 586. The van der Waals surface area contributed by atoms with Gasteiger partial charge >= 0.3 is 0 Å². The first-order valence-electron chi connectivity index (χ1n) is 7.96. The molecule has 0 atom stereocenters. The number of hydrogen-bond donors (Lipinski definition) is 2. The summed E-state index contributed by atoms with van der Waals surface area (Å²) in [5.41, 5.74) is 2.50.